The van der Waals surface area contributed by atoms with Crippen LogP contribution in [0.3, 0.4) is 0 Å². The second-order valence-corrected chi connectivity index (χ2v) is 12.9. The molecule has 6 heteroatoms. The predicted molar refractivity (Wildman–Crippen MR) is 135 cm³/mol. The summed E-state index contributed by atoms with van der Waals surface area (Å²) in [6.45, 7) is 2.98. The van der Waals surface area contributed by atoms with Crippen LogP contribution in [0, 0.1) is 35.0 Å². The summed E-state index contributed by atoms with van der Waals surface area (Å²) in [7, 11) is 0. The molecule has 1 saturated heterocycles. The third-order valence-corrected chi connectivity index (χ3v) is 10.6. The second-order valence-electron chi connectivity index (χ2n) is 12.9. The summed E-state index contributed by atoms with van der Waals surface area (Å²) in [5.41, 5.74) is 5.40. The van der Waals surface area contributed by atoms with Crippen LogP contribution < -0.4 is 11.1 Å². The minimum Gasteiger partial charge on any atom is -0.390 e. The summed E-state index contributed by atoms with van der Waals surface area (Å²) in [6, 6.07) is 0.557. The quantitative estimate of drug-likeness (QED) is 0.356. The number of rotatable bonds is 5. The van der Waals surface area contributed by atoms with Crippen LogP contribution in [0.2, 0.25) is 0 Å². The van der Waals surface area contributed by atoms with Crippen LogP contribution in [0.25, 0.3) is 0 Å². The van der Waals surface area contributed by atoms with Crippen LogP contribution in [-0.4, -0.2) is 52.0 Å². The molecule has 1 aliphatic heterocycles. The summed E-state index contributed by atoms with van der Waals surface area (Å²) < 4.78 is 0. The van der Waals surface area contributed by atoms with E-state index in [1.54, 1.807) is 0 Å². The Morgan fingerprint density at radius 3 is 2.50 bits per heavy atom. The average molecular weight is 473 g/mol. The van der Waals surface area contributed by atoms with Crippen LogP contribution >= 0.6 is 0 Å². The van der Waals surface area contributed by atoms with Gasteiger partial charge in [-0.3, -0.25) is 15.1 Å². The number of hydrogen-bond acceptors (Lipinski definition) is 4. The summed E-state index contributed by atoms with van der Waals surface area (Å²) in [5, 5.41) is 21.8. The van der Waals surface area contributed by atoms with Gasteiger partial charge in [0.25, 0.3) is 0 Å². The van der Waals surface area contributed by atoms with E-state index in [0.29, 0.717) is 17.8 Å². The fourth-order valence-electron chi connectivity index (χ4n) is 8.60. The van der Waals surface area contributed by atoms with Gasteiger partial charge in [0.15, 0.2) is 0 Å². The van der Waals surface area contributed by atoms with Gasteiger partial charge in [0, 0.05) is 24.5 Å². The molecule has 4 saturated carbocycles. The SMILES string of the molecule is CC1(O)CCC(NC(=O)C2CC3CCC(C(=N)N)CC3N2CC2CCCC3CCCCC32)CC1. The average Bonchev–Trinajstić information content (AvgIpc) is 3.18. The van der Waals surface area contributed by atoms with E-state index in [0.717, 1.165) is 75.7 Å². The van der Waals surface area contributed by atoms with Gasteiger partial charge in [-0.1, -0.05) is 32.1 Å². The standard InChI is InChI=1S/C28H48N4O2/c1-28(34)13-11-22(12-14-28)31-27(33)25-15-19-9-10-20(26(29)30)16-24(19)32(25)17-21-7-4-6-18-5-2-3-8-23(18)21/h18-25,34H,2-17H2,1H3,(H3,29,30)(H,31,33). The van der Waals surface area contributed by atoms with Crippen molar-refractivity contribution in [2.24, 2.45) is 35.3 Å². The lowest BCUT2D eigenvalue weighted by Gasteiger charge is -2.45. The number of amidine groups is 1. The Kier molecular flexibility index (Phi) is 7.28. The number of nitrogens with two attached hydrogens (primary N) is 1. The molecule has 1 heterocycles. The first-order valence-corrected chi connectivity index (χ1v) is 14.4. The van der Waals surface area contributed by atoms with Crippen molar-refractivity contribution < 1.29 is 9.90 Å². The van der Waals surface area contributed by atoms with Gasteiger partial charge in [-0.05, 0) is 94.8 Å². The van der Waals surface area contributed by atoms with Crippen LogP contribution in [0.1, 0.15) is 103 Å². The number of likely N-dealkylation sites (tertiary alicyclic amines) is 1. The van der Waals surface area contributed by atoms with Crippen molar-refractivity contribution >= 4 is 11.7 Å². The molecule has 1 amide bonds. The highest BCUT2D eigenvalue weighted by atomic mass is 16.3. The molecule has 5 N–H and O–H groups in total. The Labute approximate surface area is 206 Å². The maximum absolute atomic E-state index is 13.7. The zero-order valence-electron chi connectivity index (χ0n) is 21.3. The van der Waals surface area contributed by atoms with Gasteiger partial charge in [-0.15, -0.1) is 0 Å². The smallest absolute Gasteiger partial charge is 0.237 e. The van der Waals surface area contributed by atoms with Gasteiger partial charge in [-0.2, -0.15) is 0 Å². The first-order chi connectivity index (χ1) is 16.3. The van der Waals surface area contributed by atoms with E-state index >= 15 is 0 Å². The lowest BCUT2D eigenvalue weighted by atomic mass is 9.65. The number of carbonyl (C=O) groups is 1. The highest BCUT2D eigenvalue weighted by Crippen LogP contribution is 2.47. The van der Waals surface area contributed by atoms with Crippen molar-refractivity contribution in [3.63, 3.8) is 0 Å². The zero-order chi connectivity index (χ0) is 23.9. The molecule has 6 nitrogen and oxygen atoms in total. The molecule has 5 aliphatic rings. The van der Waals surface area contributed by atoms with Gasteiger partial charge in [0.05, 0.1) is 17.5 Å². The number of hydrogen-bond donors (Lipinski definition) is 4. The molecule has 7 atom stereocenters. The van der Waals surface area contributed by atoms with Crippen molar-refractivity contribution in [2.45, 2.75) is 127 Å². The largest absolute Gasteiger partial charge is 0.390 e. The summed E-state index contributed by atoms with van der Waals surface area (Å²) in [4.78, 5) is 16.3. The van der Waals surface area contributed by atoms with Gasteiger partial charge < -0.3 is 16.2 Å². The van der Waals surface area contributed by atoms with Crippen molar-refractivity contribution in [1.29, 1.82) is 5.41 Å². The number of nitrogens with zero attached hydrogens (tertiary/aromatic N) is 1. The lowest BCUT2D eigenvalue weighted by Crippen LogP contribution is -2.53. The molecule has 0 aromatic carbocycles. The molecule has 0 bridgehead atoms. The van der Waals surface area contributed by atoms with E-state index in [4.69, 9.17) is 11.1 Å². The number of carbonyl (C=O) groups excluding carboxylic acids is 1. The minimum atomic E-state index is -0.575. The minimum absolute atomic E-state index is 0.0351. The highest BCUT2D eigenvalue weighted by molar-refractivity contribution is 5.83. The molecule has 5 rings (SSSR count). The van der Waals surface area contributed by atoms with Crippen molar-refractivity contribution in [2.75, 3.05) is 6.54 Å². The maximum Gasteiger partial charge on any atom is 0.237 e. The third-order valence-electron chi connectivity index (χ3n) is 10.6. The van der Waals surface area contributed by atoms with Gasteiger partial charge in [-0.25, -0.2) is 0 Å². The fourth-order valence-corrected chi connectivity index (χ4v) is 8.60. The first kappa shape index (κ1) is 24.5. The summed E-state index contributed by atoms with van der Waals surface area (Å²) in [5.74, 6) is 3.77. The van der Waals surface area contributed by atoms with Crippen molar-refractivity contribution in [3.8, 4) is 0 Å². The normalized spacial score (nSPS) is 45.2. The monoisotopic (exact) mass is 472 g/mol. The fraction of sp³-hybridized carbons (Fsp3) is 0.929. The van der Waals surface area contributed by atoms with Gasteiger partial charge >= 0.3 is 0 Å². The van der Waals surface area contributed by atoms with E-state index < -0.39 is 5.60 Å². The van der Waals surface area contributed by atoms with E-state index in [-0.39, 0.29) is 23.9 Å². The van der Waals surface area contributed by atoms with Crippen LogP contribution in [0.4, 0.5) is 0 Å². The van der Waals surface area contributed by atoms with E-state index in [1.807, 2.05) is 6.92 Å². The molecule has 0 aromatic rings. The molecule has 192 valence electrons. The number of fused-ring (bicyclic) bond motifs is 2. The highest BCUT2D eigenvalue weighted by Gasteiger charge is 2.49. The Morgan fingerprint density at radius 2 is 1.74 bits per heavy atom. The number of nitrogens with one attached hydrogen (secondary N) is 2. The molecular formula is C28H48N4O2. The Balaban J connectivity index is 1.31. The summed E-state index contributed by atoms with van der Waals surface area (Å²) >= 11 is 0. The zero-order valence-corrected chi connectivity index (χ0v) is 21.3. The maximum atomic E-state index is 13.7. The molecule has 0 radical (unpaired) electrons. The van der Waals surface area contributed by atoms with Crippen LogP contribution in [-0.2, 0) is 4.79 Å². The lowest BCUT2D eigenvalue weighted by molar-refractivity contribution is -0.128. The molecule has 4 aliphatic carbocycles. The Bertz CT molecular complexity index is 743. The van der Waals surface area contributed by atoms with E-state index in [9.17, 15) is 9.90 Å². The van der Waals surface area contributed by atoms with E-state index in [1.165, 1.54) is 44.9 Å². The Hall–Kier alpha value is -1.14. The molecule has 34 heavy (non-hydrogen) atoms. The molecule has 7 unspecified atom stereocenters. The summed E-state index contributed by atoms with van der Waals surface area (Å²) in [6.07, 6.45) is 17.0. The van der Waals surface area contributed by atoms with Gasteiger partial charge in [0.2, 0.25) is 5.91 Å². The molecular weight excluding hydrogens is 424 g/mol. The van der Waals surface area contributed by atoms with E-state index in [2.05, 4.69) is 10.2 Å². The predicted octanol–water partition coefficient (Wildman–Crippen LogP) is 4.20. The first-order valence-electron chi connectivity index (χ1n) is 14.4. The molecule has 0 aromatic heterocycles. The molecule has 0 spiro atoms. The van der Waals surface area contributed by atoms with Crippen LogP contribution in [0.5, 0.6) is 0 Å². The molecule has 5 fully saturated rings. The third kappa shape index (κ3) is 5.18. The topological polar surface area (TPSA) is 102 Å². The number of aliphatic hydroxyl groups is 1. The number of amides is 1. The Morgan fingerprint density at radius 1 is 1.00 bits per heavy atom. The van der Waals surface area contributed by atoms with Crippen molar-refractivity contribution in [3.05, 3.63) is 0 Å². The second kappa shape index (κ2) is 10.1. The van der Waals surface area contributed by atoms with Crippen LogP contribution in [0.15, 0.2) is 0 Å². The van der Waals surface area contributed by atoms with Gasteiger partial charge in [0.1, 0.15) is 0 Å². The van der Waals surface area contributed by atoms with Crippen molar-refractivity contribution in [1.82, 2.24) is 10.2 Å².